The van der Waals surface area contributed by atoms with Gasteiger partial charge < -0.3 is 15.3 Å². The van der Waals surface area contributed by atoms with Crippen LogP contribution >= 0.6 is 0 Å². The Hall–Kier alpha value is -1.58. The lowest BCUT2D eigenvalue weighted by atomic mass is 9.93. The summed E-state index contributed by atoms with van der Waals surface area (Å²) in [6.07, 6.45) is 3.90. The summed E-state index contributed by atoms with van der Waals surface area (Å²) < 4.78 is 0.0748. The monoisotopic (exact) mass is 378 g/mol. The Labute approximate surface area is 163 Å². The number of amides is 2. The van der Waals surface area contributed by atoms with E-state index < -0.39 is 6.09 Å². The van der Waals surface area contributed by atoms with Gasteiger partial charge in [0.2, 0.25) is 5.91 Å². The number of piperidine rings is 1. The van der Waals surface area contributed by atoms with Crippen LogP contribution in [0.2, 0.25) is 0 Å². The van der Waals surface area contributed by atoms with E-state index in [4.69, 9.17) is 0 Å². The van der Waals surface area contributed by atoms with Crippen molar-refractivity contribution >= 4 is 12.0 Å². The fourth-order valence-electron chi connectivity index (χ4n) is 4.27. The summed E-state index contributed by atoms with van der Waals surface area (Å²) in [6.45, 7) is 10.3. The lowest BCUT2D eigenvalue weighted by molar-refractivity contribution is -0.849. The van der Waals surface area contributed by atoms with Crippen molar-refractivity contribution in [3.05, 3.63) is 0 Å². The second-order valence-electron chi connectivity index (χ2n) is 8.49. The minimum Gasteiger partial charge on any atom is -0.435 e. The van der Waals surface area contributed by atoms with Crippen molar-refractivity contribution in [2.75, 3.05) is 39.3 Å². The molecule has 2 saturated heterocycles. The second kappa shape index (κ2) is 10.1. The number of rotatable bonds is 5. The highest BCUT2D eigenvalue weighted by Crippen LogP contribution is 2.26. The fourth-order valence-corrected chi connectivity index (χ4v) is 4.27. The number of quaternary nitrogens is 1. The van der Waals surface area contributed by atoms with Gasteiger partial charge in [-0.25, -0.2) is 4.48 Å². The van der Waals surface area contributed by atoms with Gasteiger partial charge in [-0.15, -0.1) is 5.92 Å². The summed E-state index contributed by atoms with van der Waals surface area (Å²) >= 11 is 0. The zero-order valence-electron chi connectivity index (χ0n) is 17.2. The van der Waals surface area contributed by atoms with Crippen molar-refractivity contribution < 1.29 is 19.2 Å². The molecule has 0 saturated carbocycles. The molecule has 2 N–H and O–H groups in total. The summed E-state index contributed by atoms with van der Waals surface area (Å²) in [4.78, 5) is 26.7. The molecule has 6 heteroatoms. The average molecular weight is 379 g/mol. The van der Waals surface area contributed by atoms with Gasteiger partial charge in [-0.2, -0.15) is 4.79 Å². The number of carboxylic acid groups (broad SMARTS) is 1. The summed E-state index contributed by atoms with van der Waals surface area (Å²) in [5.74, 6) is 6.63. The molecule has 2 unspecified atom stereocenters. The van der Waals surface area contributed by atoms with Gasteiger partial charge in [0.25, 0.3) is 0 Å². The largest absolute Gasteiger partial charge is 0.514 e. The maximum atomic E-state index is 12.3. The molecule has 0 aromatic carbocycles. The number of nitrogens with zero attached hydrogens (tertiary/aromatic N) is 2. The van der Waals surface area contributed by atoms with Gasteiger partial charge in [-0.3, -0.25) is 4.79 Å². The molecule has 2 aliphatic heterocycles. The van der Waals surface area contributed by atoms with E-state index >= 15 is 0 Å². The van der Waals surface area contributed by atoms with Crippen molar-refractivity contribution in [1.29, 1.82) is 0 Å². The zero-order valence-corrected chi connectivity index (χ0v) is 17.2. The van der Waals surface area contributed by atoms with Crippen LogP contribution in [0.4, 0.5) is 4.79 Å². The Morgan fingerprint density at radius 1 is 1.19 bits per heavy atom. The summed E-state index contributed by atoms with van der Waals surface area (Å²) in [6, 6.07) is 0.429. The van der Waals surface area contributed by atoms with Gasteiger partial charge in [0.05, 0.1) is 13.1 Å². The van der Waals surface area contributed by atoms with Crippen LogP contribution in [0.5, 0.6) is 0 Å². The number of nitrogens with one attached hydrogen (secondary N) is 1. The number of hydrogen-bond acceptors (Lipinski definition) is 3. The first kappa shape index (κ1) is 21.7. The predicted octanol–water partition coefficient (Wildman–Crippen LogP) is 2.54. The molecule has 152 valence electrons. The van der Waals surface area contributed by atoms with Gasteiger partial charge in [0.15, 0.2) is 6.54 Å². The smallest absolute Gasteiger partial charge is 0.435 e. The molecule has 2 rings (SSSR count). The third-order valence-electron chi connectivity index (χ3n) is 6.08. The van der Waals surface area contributed by atoms with Crippen LogP contribution in [0.25, 0.3) is 0 Å². The Kier molecular flexibility index (Phi) is 8.12. The third-order valence-corrected chi connectivity index (χ3v) is 6.08. The highest BCUT2D eigenvalue weighted by molar-refractivity contribution is 5.78. The van der Waals surface area contributed by atoms with Gasteiger partial charge >= 0.3 is 6.09 Å². The summed E-state index contributed by atoms with van der Waals surface area (Å²) in [7, 11) is 0. The zero-order chi connectivity index (χ0) is 19.9. The molecule has 2 heterocycles. The van der Waals surface area contributed by atoms with E-state index in [-0.39, 0.29) is 16.3 Å². The van der Waals surface area contributed by atoms with Crippen LogP contribution < -0.4 is 5.32 Å². The molecule has 0 bridgehead atoms. The van der Waals surface area contributed by atoms with Crippen molar-refractivity contribution in [1.82, 2.24) is 10.2 Å². The minimum atomic E-state index is -0.751. The topological polar surface area (TPSA) is 69.6 Å². The van der Waals surface area contributed by atoms with Crippen LogP contribution in [0, 0.1) is 23.7 Å². The number of carbonyl (C=O) groups is 2. The molecule has 0 aromatic rings. The number of hydrogen-bond donors (Lipinski definition) is 2. The molecular weight excluding hydrogens is 342 g/mol. The molecule has 0 aliphatic carbocycles. The van der Waals surface area contributed by atoms with E-state index in [2.05, 4.69) is 35.9 Å². The van der Waals surface area contributed by atoms with Gasteiger partial charge in [-0.05, 0) is 57.5 Å². The van der Waals surface area contributed by atoms with Crippen molar-refractivity contribution in [3.63, 3.8) is 0 Å². The molecule has 0 aromatic heterocycles. The Morgan fingerprint density at radius 3 is 2.48 bits per heavy atom. The highest BCUT2D eigenvalue weighted by atomic mass is 16.4. The predicted molar refractivity (Wildman–Crippen MR) is 106 cm³/mol. The molecule has 0 spiro atoms. The molecule has 27 heavy (non-hydrogen) atoms. The average Bonchev–Trinajstić information content (AvgIpc) is 2.88. The first-order valence-corrected chi connectivity index (χ1v) is 10.4. The van der Waals surface area contributed by atoms with E-state index in [0.29, 0.717) is 31.6 Å². The van der Waals surface area contributed by atoms with Crippen LogP contribution in [0.15, 0.2) is 0 Å². The highest BCUT2D eigenvalue weighted by Gasteiger charge is 2.40. The molecule has 2 amide bonds. The van der Waals surface area contributed by atoms with Gasteiger partial charge in [0.1, 0.15) is 0 Å². The Bertz CT molecular complexity index is 573. The molecule has 2 aliphatic rings. The van der Waals surface area contributed by atoms with E-state index in [1.54, 1.807) is 6.92 Å². The fraction of sp³-hybridized carbons (Fsp3) is 0.810. The molecule has 0 radical (unpaired) electrons. The van der Waals surface area contributed by atoms with E-state index in [1.165, 1.54) is 0 Å². The summed E-state index contributed by atoms with van der Waals surface area (Å²) in [5.41, 5.74) is 0. The molecule has 2 atom stereocenters. The number of carbonyl (C=O) groups excluding carboxylic acids is 1. The Morgan fingerprint density at radius 2 is 1.89 bits per heavy atom. The van der Waals surface area contributed by atoms with Crippen LogP contribution in [0.1, 0.15) is 52.9 Å². The van der Waals surface area contributed by atoms with Crippen LogP contribution in [-0.2, 0) is 4.79 Å². The van der Waals surface area contributed by atoms with Crippen LogP contribution in [0.3, 0.4) is 0 Å². The van der Waals surface area contributed by atoms with Crippen LogP contribution in [-0.4, -0.2) is 71.8 Å². The number of likely N-dealkylation sites (tertiary alicyclic amines) is 2. The van der Waals surface area contributed by atoms with E-state index in [9.17, 15) is 14.7 Å². The van der Waals surface area contributed by atoms with Gasteiger partial charge in [-0.1, -0.05) is 13.8 Å². The minimum absolute atomic E-state index is 0.0748. The molecule has 6 nitrogen and oxygen atoms in total. The Balaban J connectivity index is 1.87. The van der Waals surface area contributed by atoms with Crippen molar-refractivity contribution in [2.24, 2.45) is 11.8 Å². The van der Waals surface area contributed by atoms with E-state index in [0.717, 1.165) is 51.7 Å². The van der Waals surface area contributed by atoms with E-state index in [1.807, 2.05) is 0 Å². The van der Waals surface area contributed by atoms with Gasteiger partial charge in [0, 0.05) is 24.9 Å². The quantitative estimate of drug-likeness (QED) is 0.570. The third kappa shape index (κ3) is 5.95. The second-order valence-corrected chi connectivity index (χ2v) is 8.49. The first-order valence-electron chi connectivity index (χ1n) is 10.4. The van der Waals surface area contributed by atoms with Crippen molar-refractivity contribution in [3.8, 4) is 11.8 Å². The molecular formula is C21H36N3O3+. The SMILES string of the molecule is CC#CC[N+]1(C(=O)O)CCCC(N2CCC(C(=O)NCC(C)C)CC2)CC1. The maximum absolute atomic E-state index is 12.3. The maximum Gasteiger partial charge on any atom is 0.514 e. The normalized spacial score (nSPS) is 27.5. The van der Waals surface area contributed by atoms with Crippen molar-refractivity contribution in [2.45, 2.75) is 58.9 Å². The summed E-state index contributed by atoms with van der Waals surface area (Å²) in [5, 5.41) is 12.8. The first-order chi connectivity index (χ1) is 12.9. The lowest BCUT2D eigenvalue weighted by Crippen LogP contribution is -2.53. The standard InChI is InChI=1S/C21H35N3O3/c1-4-5-13-24(21(26)27)14-6-7-19(10-15-24)23-11-8-18(9-12-23)20(25)22-16-17(2)3/h17-19H,6-16H2,1-3H3,(H-,22,25,26,27)/p+1. The molecule has 2 fully saturated rings. The lowest BCUT2D eigenvalue weighted by Gasteiger charge is -2.37.